The van der Waals surface area contributed by atoms with E-state index < -0.39 is 5.91 Å². The second-order valence-corrected chi connectivity index (χ2v) is 6.04. The van der Waals surface area contributed by atoms with Crippen LogP contribution < -0.4 is 10.2 Å². The lowest BCUT2D eigenvalue weighted by atomic mass is 10.2. The topological polar surface area (TPSA) is 63.8 Å². The summed E-state index contributed by atoms with van der Waals surface area (Å²) in [5.41, 5.74) is 3.56. The third-order valence-corrected chi connectivity index (χ3v) is 4.16. The van der Waals surface area contributed by atoms with Crippen molar-refractivity contribution in [2.75, 3.05) is 7.11 Å². The highest BCUT2D eigenvalue weighted by Crippen LogP contribution is 2.30. The van der Waals surface area contributed by atoms with Gasteiger partial charge in [-0.15, -0.1) is 0 Å². The number of methoxy groups -OCH3 is 1. The molecule has 5 nitrogen and oxygen atoms in total. The Morgan fingerprint density at radius 2 is 1.92 bits per heavy atom. The van der Waals surface area contributed by atoms with Crippen LogP contribution in [0.4, 0.5) is 0 Å². The van der Waals surface area contributed by atoms with Crippen molar-refractivity contribution in [2.24, 2.45) is 5.10 Å². The minimum atomic E-state index is -0.402. The van der Waals surface area contributed by atoms with Crippen LogP contribution in [0.5, 0.6) is 5.75 Å². The monoisotopic (exact) mass is 388 g/mol. The molecule has 0 fully saturated rings. The summed E-state index contributed by atoms with van der Waals surface area (Å²) in [4.78, 5) is 12.0. The van der Waals surface area contributed by atoms with Crippen LogP contribution in [-0.4, -0.2) is 19.2 Å². The lowest BCUT2D eigenvalue weighted by Gasteiger charge is -2.04. The molecule has 3 rings (SSSR count). The third kappa shape index (κ3) is 4.07. The van der Waals surface area contributed by atoms with E-state index in [9.17, 15) is 4.79 Å². The Labute approximate surface area is 160 Å². The van der Waals surface area contributed by atoms with Gasteiger partial charge in [0.05, 0.1) is 28.9 Å². The zero-order valence-corrected chi connectivity index (χ0v) is 15.2. The summed E-state index contributed by atoms with van der Waals surface area (Å²) in [5, 5.41) is 4.74. The molecular formula is C19H14Cl2N2O3. The van der Waals surface area contributed by atoms with E-state index in [0.29, 0.717) is 32.9 Å². The molecule has 2 aromatic carbocycles. The molecular weight excluding hydrogens is 375 g/mol. The Kier molecular flexibility index (Phi) is 5.61. The van der Waals surface area contributed by atoms with Crippen LogP contribution in [0.15, 0.2) is 64.1 Å². The van der Waals surface area contributed by atoms with Gasteiger partial charge in [-0.2, -0.15) is 5.10 Å². The number of hydrogen-bond acceptors (Lipinski definition) is 4. The number of carbonyl (C=O) groups excluding carboxylic acids is 1. The Morgan fingerprint density at radius 1 is 1.12 bits per heavy atom. The summed E-state index contributed by atoms with van der Waals surface area (Å²) >= 11 is 12.1. The second kappa shape index (κ2) is 8.08. The molecule has 0 aliphatic carbocycles. The Balaban J connectivity index is 1.68. The maximum absolute atomic E-state index is 12.0. The molecule has 0 unspecified atom stereocenters. The molecule has 0 radical (unpaired) electrons. The van der Waals surface area contributed by atoms with Crippen molar-refractivity contribution >= 4 is 35.3 Å². The number of nitrogens with one attached hydrogen (secondary N) is 1. The van der Waals surface area contributed by atoms with Crippen LogP contribution in [0.2, 0.25) is 10.0 Å². The van der Waals surface area contributed by atoms with E-state index in [1.165, 1.54) is 6.21 Å². The summed E-state index contributed by atoms with van der Waals surface area (Å²) < 4.78 is 10.8. The molecule has 1 N–H and O–H groups in total. The van der Waals surface area contributed by atoms with Crippen LogP contribution in [0, 0.1) is 0 Å². The molecule has 0 saturated heterocycles. The average molecular weight is 389 g/mol. The van der Waals surface area contributed by atoms with Crippen molar-refractivity contribution < 1.29 is 13.9 Å². The number of nitrogens with zero attached hydrogens (tertiary/aromatic N) is 1. The maximum Gasteiger partial charge on any atom is 0.272 e. The highest BCUT2D eigenvalue weighted by atomic mass is 35.5. The zero-order valence-electron chi connectivity index (χ0n) is 13.7. The Bertz CT molecular complexity index is 967. The molecule has 0 aliphatic rings. The number of ether oxygens (including phenoxy) is 1. The first-order chi connectivity index (χ1) is 12.6. The molecule has 132 valence electrons. The molecule has 0 aliphatic heterocycles. The van der Waals surface area contributed by atoms with Crippen molar-refractivity contribution in [1.29, 1.82) is 0 Å². The van der Waals surface area contributed by atoms with Crippen molar-refractivity contribution in [1.82, 2.24) is 5.43 Å². The summed E-state index contributed by atoms with van der Waals surface area (Å²) in [5.74, 6) is 1.28. The Hall–Kier alpha value is -2.76. The van der Waals surface area contributed by atoms with E-state index in [1.54, 1.807) is 55.6 Å². The molecule has 0 spiro atoms. The second-order valence-electron chi connectivity index (χ2n) is 5.23. The molecule has 7 heteroatoms. The van der Waals surface area contributed by atoms with Crippen LogP contribution in [-0.2, 0) is 0 Å². The third-order valence-electron chi connectivity index (χ3n) is 3.54. The lowest BCUT2D eigenvalue weighted by Crippen LogP contribution is -2.17. The number of furan rings is 1. The number of amides is 1. The standard InChI is InChI=1S/C19H14Cl2N2O3/c1-25-18-8-6-12(10-16(18)21)17-9-7-13(26-17)11-22-23-19(24)14-4-2-3-5-15(14)20/h2-11H,1H3,(H,23,24). The van der Waals surface area contributed by atoms with E-state index in [0.717, 1.165) is 5.56 Å². The number of rotatable bonds is 5. The van der Waals surface area contributed by atoms with E-state index in [1.807, 2.05) is 6.07 Å². The quantitative estimate of drug-likeness (QED) is 0.492. The number of hydrogen-bond donors (Lipinski definition) is 1. The van der Waals surface area contributed by atoms with Crippen LogP contribution in [0.1, 0.15) is 16.1 Å². The molecule has 26 heavy (non-hydrogen) atoms. The molecule has 3 aromatic rings. The van der Waals surface area contributed by atoms with Gasteiger partial charge in [-0.25, -0.2) is 5.43 Å². The van der Waals surface area contributed by atoms with E-state index in [-0.39, 0.29) is 0 Å². The van der Waals surface area contributed by atoms with E-state index >= 15 is 0 Å². The van der Waals surface area contributed by atoms with Gasteiger partial charge >= 0.3 is 0 Å². The van der Waals surface area contributed by atoms with Gasteiger partial charge in [-0.3, -0.25) is 4.79 Å². The normalized spacial score (nSPS) is 10.9. The van der Waals surface area contributed by atoms with Crippen molar-refractivity contribution in [3.63, 3.8) is 0 Å². The van der Waals surface area contributed by atoms with Gasteiger partial charge in [0.1, 0.15) is 17.3 Å². The van der Waals surface area contributed by atoms with Crippen LogP contribution in [0.3, 0.4) is 0 Å². The van der Waals surface area contributed by atoms with Gasteiger partial charge in [-0.1, -0.05) is 35.3 Å². The van der Waals surface area contributed by atoms with Gasteiger partial charge < -0.3 is 9.15 Å². The first kappa shape index (κ1) is 18.0. The molecule has 0 bridgehead atoms. The van der Waals surface area contributed by atoms with Gasteiger partial charge in [0.2, 0.25) is 0 Å². The van der Waals surface area contributed by atoms with E-state index in [4.69, 9.17) is 32.4 Å². The summed E-state index contributed by atoms with van der Waals surface area (Å²) in [6, 6.07) is 15.6. The van der Waals surface area contributed by atoms with Gasteiger partial charge in [-0.05, 0) is 42.5 Å². The van der Waals surface area contributed by atoms with Gasteiger partial charge in [0, 0.05) is 5.56 Å². The number of halogens is 2. The number of carbonyl (C=O) groups is 1. The zero-order chi connectivity index (χ0) is 18.5. The molecule has 1 heterocycles. The van der Waals surface area contributed by atoms with Gasteiger partial charge in [0.15, 0.2) is 0 Å². The van der Waals surface area contributed by atoms with Crippen LogP contribution in [0.25, 0.3) is 11.3 Å². The van der Waals surface area contributed by atoms with Crippen LogP contribution >= 0.6 is 23.2 Å². The molecule has 1 aromatic heterocycles. The SMILES string of the molecule is COc1ccc(-c2ccc(C=NNC(=O)c3ccccc3Cl)o2)cc1Cl. The van der Waals surface area contributed by atoms with Crippen molar-refractivity contribution in [2.45, 2.75) is 0 Å². The van der Waals surface area contributed by atoms with Crippen molar-refractivity contribution in [3.05, 3.63) is 76.0 Å². The number of benzene rings is 2. The fourth-order valence-electron chi connectivity index (χ4n) is 2.26. The highest BCUT2D eigenvalue weighted by Gasteiger charge is 2.09. The number of hydrazone groups is 1. The fourth-order valence-corrected chi connectivity index (χ4v) is 2.74. The van der Waals surface area contributed by atoms with E-state index in [2.05, 4.69) is 10.5 Å². The smallest absolute Gasteiger partial charge is 0.272 e. The first-order valence-corrected chi connectivity index (χ1v) is 8.36. The predicted octanol–water partition coefficient (Wildman–Crippen LogP) is 5.03. The summed E-state index contributed by atoms with van der Waals surface area (Å²) in [6.45, 7) is 0. The lowest BCUT2D eigenvalue weighted by molar-refractivity contribution is 0.0955. The largest absolute Gasteiger partial charge is 0.495 e. The fraction of sp³-hybridized carbons (Fsp3) is 0.0526. The highest BCUT2D eigenvalue weighted by molar-refractivity contribution is 6.33. The van der Waals surface area contributed by atoms with Gasteiger partial charge in [0.25, 0.3) is 5.91 Å². The minimum Gasteiger partial charge on any atom is -0.495 e. The molecule has 0 saturated carbocycles. The minimum absolute atomic E-state index is 0.347. The Morgan fingerprint density at radius 3 is 2.65 bits per heavy atom. The first-order valence-electron chi connectivity index (χ1n) is 7.60. The molecule has 1 amide bonds. The maximum atomic E-state index is 12.0. The molecule has 0 atom stereocenters. The summed E-state index contributed by atoms with van der Waals surface area (Å²) in [7, 11) is 1.55. The average Bonchev–Trinajstić information content (AvgIpc) is 3.11. The summed E-state index contributed by atoms with van der Waals surface area (Å²) in [6.07, 6.45) is 1.41. The van der Waals surface area contributed by atoms with Crippen molar-refractivity contribution in [3.8, 4) is 17.1 Å². The predicted molar refractivity (Wildman–Crippen MR) is 102 cm³/mol.